The van der Waals surface area contributed by atoms with Crippen LogP contribution in [0.1, 0.15) is 284 Å². The van der Waals surface area contributed by atoms with E-state index >= 15 is 0 Å². The van der Waals surface area contributed by atoms with Crippen molar-refractivity contribution in [1.82, 2.24) is 5.32 Å². The number of aliphatic hydroxyl groups excluding tert-OH is 7. The van der Waals surface area contributed by atoms with E-state index < -0.39 is 74.2 Å². The molecule has 0 saturated carbocycles. The molecule has 1 aliphatic heterocycles. The van der Waals surface area contributed by atoms with Crippen LogP contribution in [0.25, 0.3) is 0 Å². The molecule has 9 unspecified atom stereocenters. The summed E-state index contributed by atoms with van der Waals surface area (Å²) >= 11 is 0. The molecule has 1 rings (SSSR count). The van der Waals surface area contributed by atoms with E-state index in [2.05, 4.69) is 19.2 Å². The van der Waals surface area contributed by atoms with Crippen molar-refractivity contribution >= 4 is 5.91 Å². The maximum atomic E-state index is 13.1. The minimum atomic E-state index is -1.66. The Morgan fingerprint density at radius 1 is 0.463 bits per heavy atom. The molecular formula is C56H111NO10. The van der Waals surface area contributed by atoms with Gasteiger partial charge in [0.15, 0.2) is 6.29 Å². The highest BCUT2D eigenvalue weighted by Gasteiger charge is 2.44. The first-order chi connectivity index (χ1) is 32.7. The summed E-state index contributed by atoms with van der Waals surface area (Å²) in [7, 11) is 0. The standard InChI is InChI=1S/C56H111NO10/c1-3-5-7-9-11-13-14-15-16-17-18-19-20-21-22-23-24-25-26-27-28-29-30-31-32-33-34-36-37-39-41-43-48(59)51(61)47(46-66-56-54(64)53(63)52(62)50(45-58)67-56)57-55(65)49(60)44-42-40-38-35-12-10-8-6-4-2/h47-54,56,58-64H,3-46H2,1-2H3,(H,57,65). The Hall–Kier alpha value is -0.890. The smallest absolute Gasteiger partial charge is 0.249 e. The fraction of sp³-hybridized carbons (Fsp3) is 0.982. The molecule has 1 amide bonds. The summed E-state index contributed by atoms with van der Waals surface area (Å²) in [6, 6.07) is -1.16. The van der Waals surface area contributed by atoms with Crippen LogP contribution in [0.4, 0.5) is 0 Å². The molecule has 11 nitrogen and oxygen atoms in total. The van der Waals surface area contributed by atoms with Crippen molar-refractivity contribution in [1.29, 1.82) is 0 Å². The monoisotopic (exact) mass is 958 g/mol. The highest BCUT2D eigenvalue weighted by molar-refractivity contribution is 5.80. The summed E-state index contributed by atoms with van der Waals surface area (Å²) in [6.07, 6.45) is 40.6. The number of rotatable bonds is 50. The molecule has 67 heavy (non-hydrogen) atoms. The summed E-state index contributed by atoms with van der Waals surface area (Å²) < 4.78 is 11.1. The van der Waals surface area contributed by atoms with Crippen LogP contribution in [0.5, 0.6) is 0 Å². The number of ether oxygens (including phenoxy) is 2. The van der Waals surface area contributed by atoms with Gasteiger partial charge in [-0.1, -0.05) is 271 Å². The predicted molar refractivity (Wildman–Crippen MR) is 275 cm³/mol. The van der Waals surface area contributed by atoms with Gasteiger partial charge in [0.1, 0.15) is 36.6 Å². The van der Waals surface area contributed by atoms with Crippen LogP contribution >= 0.6 is 0 Å². The number of unbranched alkanes of at least 4 members (excludes halogenated alkanes) is 38. The summed E-state index contributed by atoms with van der Waals surface area (Å²) in [5.74, 6) is -0.695. The van der Waals surface area contributed by atoms with Crippen molar-refractivity contribution in [3.8, 4) is 0 Å². The lowest BCUT2D eigenvalue weighted by atomic mass is 9.98. The summed E-state index contributed by atoms with van der Waals surface area (Å²) in [5.41, 5.74) is 0. The van der Waals surface area contributed by atoms with E-state index in [1.807, 2.05) is 0 Å². The summed E-state index contributed by atoms with van der Waals surface area (Å²) in [4.78, 5) is 13.1. The van der Waals surface area contributed by atoms with E-state index in [0.29, 0.717) is 19.3 Å². The molecule has 8 N–H and O–H groups in total. The second-order valence-corrected chi connectivity index (χ2v) is 20.7. The molecular weight excluding hydrogens is 847 g/mol. The Morgan fingerprint density at radius 2 is 0.776 bits per heavy atom. The average Bonchev–Trinajstić information content (AvgIpc) is 3.33. The van der Waals surface area contributed by atoms with Gasteiger partial charge < -0.3 is 50.5 Å². The largest absolute Gasteiger partial charge is 0.394 e. The van der Waals surface area contributed by atoms with E-state index in [-0.39, 0.29) is 6.42 Å². The molecule has 400 valence electrons. The van der Waals surface area contributed by atoms with Crippen molar-refractivity contribution in [3.63, 3.8) is 0 Å². The number of nitrogens with one attached hydrogen (secondary N) is 1. The molecule has 0 radical (unpaired) electrons. The summed E-state index contributed by atoms with van der Waals surface area (Å²) in [5, 5.41) is 75.8. The third-order valence-corrected chi connectivity index (χ3v) is 14.4. The third-order valence-electron chi connectivity index (χ3n) is 14.4. The molecule has 9 atom stereocenters. The van der Waals surface area contributed by atoms with Crippen molar-refractivity contribution in [2.24, 2.45) is 0 Å². The zero-order valence-corrected chi connectivity index (χ0v) is 43.7. The van der Waals surface area contributed by atoms with Gasteiger partial charge in [0, 0.05) is 0 Å². The maximum absolute atomic E-state index is 13.1. The molecule has 11 heteroatoms. The number of carbonyl (C=O) groups excluding carboxylic acids is 1. The Kier molecular flexibility index (Phi) is 44.2. The van der Waals surface area contributed by atoms with E-state index in [0.717, 1.165) is 38.5 Å². The lowest BCUT2D eigenvalue weighted by molar-refractivity contribution is -0.303. The Bertz CT molecular complexity index is 1050. The van der Waals surface area contributed by atoms with Crippen molar-refractivity contribution in [2.45, 2.75) is 339 Å². The van der Waals surface area contributed by atoms with Crippen LogP contribution in [0.2, 0.25) is 0 Å². The molecule has 1 aliphatic rings. The lowest BCUT2D eigenvalue weighted by Crippen LogP contribution is -2.60. The van der Waals surface area contributed by atoms with Gasteiger partial charge in [-0.2, -0.15) is 0 Å². The number of hydrogen-bond donors (Lipinski definition) is 8. The predicted octanol–water partition coefficient (Wildman–Crippen LogP) is 11.8. The Morgan fingerprint density at radius 3 is 1.10 bits per heavy atom. The minimum Gasteiger partial charge on any atom is -0.394 e. The van der Waals surface area contributed by atoms with Gasteiger partial charge in [-0.25, -0.2) is 0 Å². The molecule has 0 spiro atoms. The second-order valence-electron chi connectivity index (χ2n) is 20.7. The summed E-state index contributed by atoms with van der Waals surface area (Å²) in [6.45, 7) is 3.45. The molecule has 0 aromatic heterocycles. The molecule has 1 saturated heterocycles. The third kappa shape index (κ3) is 35.0. The first-order valence-corrected chi connectivity index (χ1v) is 28.9. The quantitative estimate of drug-likeness (QED) is 0.0273. The normalized spacial score (nSPS) is 20.5. The molecule has 0 aliphatic carbocycles. The molecule has 1 fully saturated rings. The highest BCUT2D eigenvalue weighted by atomic mass is 16.7. The van der Waals surface area contributed by atoms with Crippen molar-refractivity contribution < 1.29 is 50.0 Å². The second kappa shape index (κ2) is 46.2. The maximum Gasteiger partial charge on any atom is 0.249 e. The highest BCUT2D eigenvalue weighted by Crippen LogP contribution is 2.24. The fourth-order valence-corrected chi connectivity index (χ4v) is 9.68. The topological polar surface area (TPSA) is 189 Å². The molecule has 1 heterocycles. The van der Waals surface area contributed by atoms with Crippen LogP contribution in [0.3, 0.4) is 0 Å². The molecule has 0 aromatic rings. The SMILES string of the molecule is CCCCCCCCCCCCCCCCCCCCCCCCCCCCCCCCCC(O)C(O)C(COC1OC(CO)C(O)C(O)C1O)NC(=O)C(O)CCCCCCCCCCC. The first kappa shape index (κ1) is 64.1. The van der Waals surface area contributed by atoms with E-state index in [1.165, 1.54) is 205 Å². The van der Waals surface area contributed by atoms with Crippen LogP contribution < -0.4 is 5.32 Å². The Balaban J connectivity index is 2.16. The number of hydrogen-bond acceptors (Lipinski definition) is 10. The number of carbonyl (C=O) groups is 1. The van der Waals surface area contributed by atoms with Crippen LogP contribution in [-0.2, 0) is 14.3 Å². The lowest BCUT2D eigenvalue weighted by Gasteiger charge is -2.40. The number of aliphatic hydroxyl groups is 7. The average molecular weight is 959 g/mol. The van der Waals surface area contributed by atoms with Crippen LogP contribution in [-0.4, -0.2) is 110 Å². The van der Waals surface area contributed by atoms with E-state index in [4.69, 9.17) is 9.47 Å². The van der Waals surface area contributed by atoms with Gasteiger partial charge >= 0.3 is 0 Å². The van der Waals surface area contributed by atoms with Gasteiger partial charge in [0.25, 0.3) is 0 Å². The van der Waals surface area contributed by atoms with Crippen molar-refractivity contribution in [3.05, 3.63) is 0 Å². The Labute approximate surface area is 411 Å². The fourth-order valence-electron chi connectivity index (χ4n) is 9.68. The van der Waals surface area contributed by atoms with Gasteiger partial charge in [0.05, 0.1) is 25.4 Å². The molecule has 0 bridgehead atoms. The zero-order chi connectivity index (χ0) is 49.0. The van der Waals surface area contributed by atoms with Crippen molar-refractivity contribution in [2.75, 3.05) is 13.2 Å². The van der Waals surface area contributed by atoms with Crippen LogP contribution in [0, 0.1) is 0 Å². The molecule has 0 aromatic carbocycles. The van der Waals surface area contributed by atoms with Gasteiger partial charge in [-0.3, -0.25) is 4.79 Å². The minimum absolute atomic E-state index is 0.264. The van der Waals surface area contributed by atoms with Gasteiger partial charge in [-0.05, 0) is 12.8 Å². The zero-order valence-electron chi connectivity index (χ0n) is 43.7. The number of amides is 1. The van der Waals surface area contributed by atoms with Crippen LogP contribution in [0.15, 0.2) is 0 Å². The van der Waals surface area contributed by atoms with E-state index in [1.54, 1.807) is 0 Å². The van der Waals surface area contributed by atoms with E-state index in [9.17, 15) is 40.5 Å². The van der Waals surface area contributed by atoms with Gasteiger partial charge in [-0.15, -0.1) is 0 Å². The first-order valence-electron chi connectivity index (χ1n) is 28.9. The van der Waals surface area contributed by atoms with Gasteiger partial charge in [0.2, 0.25) is 5.91 Å².